The number of anilines is 1. The van der Waals surface area contributed by atoms with Crippen molar-refractivity contribution in [3.8, 4) is 0 Å². The first kappa shape index (κ1) is 20.1. The highest BCUT2D eigenvalue weighted by Crippen LogP contribution is 2.30. The molecule has 30 heavy (non-hydrogen) atoms. The Bertz CT molecular complexity index is 1010. The molecule has 7 nitrogen and oxygen atoms in total. The summed E-state index contributed by atoms with van der Waals surface area (Å²) >= 11 is 0. The standard InChI is InChI=1S/C20H21F3N6O/c21-20(22,23)16-3-4-17-26-27-19(29(17)13-16)28-10-6-15(7-11-28)18(30)25-9-5-14-2-1-8-24-12-14/h1-4,8,12-13,15H,5-7,9-11H2,(H,25,30). The smallest absolute Gasteiger partial charge is 0.356 e. The van der Waals surface area contributed by atoms with Gasteiger partial charge in [-0.15, -0.1) is 10.2 Å². The molecule has 0 spiro atoms. The number of nitrogens with one attached hydrogen (secondary N) is 1. The zero-order chi connectivity index (χ0) is 21.1. The van der Waals surface area contributed by atoms with Gasteiger partial charge < -0.3 is 10.2 Å². The summed E-state index contributed by atoms with van der Waals surface area (Å²) in [5.74, 6) is 0.246. The average molecular weight is 418 g/mol. The molecule has 1 aliphatic rings. The van der Waals surface area contributed by atoms with E-state index in [4.69, 9.17) is 0 Å². The first-order chi connectivity index (χ1) is 14.4. The van der Waals surface area contributed by atoms with Gasteiger partial charge in [0.25, 0.3) is 0 Å². The summed E-state index contributed by atoms with van der Waals surface area (Å²) in [6.07, 6.45) is 1.99. The lowest BCUT2D eigenvalue weighted by molar-refractivity contribution is -0.137. The Kier molecular flexibility index (Phi) is 5.56. The molecule has 0 bridgehead atoms. The number of hydrogen-bond donors (Lipinski definition) is 1. The fourth-order valence-electron chi connectivity index (χ4n) is 3.62. The number of carbonyl (C=O) groups excluding carboxylic acids is 1. The number of fused-ring (bicyclic) bond motifs is 1. The van der Waals surface area contributed by atoms with Crippen LogP contribution in [0.15, 0.2) is 42.9 Å². The second kappa shape index (κ2) is 8.29. The van der Waals surface area contributed by atoms with Crippen LogP contribution in [0.2, 0.25) is 0 Å². The number of nitrogens with zero attached hydrogens (tertiary/aromatic N) is 5. The number of piperidine rings is 1. The highest BCUT2D eigenvalue weighted by Gasteiger charge is 2.32. The van der Waals surface area contributed by atoms with Crippen molar-refractivity contribution in [3.05, 3.63) is 54.0 Å². The highest BCUT2D eigenvalue weighted by atomic mass is 19.4. The quantitative estimate of drug-likeness (QED) is 0.690. The number of aromatic nitrogens is 4. The van der Waals surface area contributed by atoms with E-state index in [9.17, 15) is 18.0 Å². The van der Waals surface area contributed by atoms with Crippen LogP contribution in [0.5, 0.6) is 0 Å². The van der Waals surface area contributed by atoms with Crippen LogP contribution in [0.1, 0.15) is 24.0 Å². The number of halogens is 3. The van der Waals surface area contributed by atoms with Crippen molar-refractivity contribution in [2.24, 2.45) is 5.92 Å². The molecular formula is C20H21F3N6O. The third-order valence-electron chi connectivity index (χ3n) is 5.30. The average Bonchev–Trinajstić information content (AvgIpc) is 3.17. The fraction of sp³-hybridized carbons (Fsp3) is 0.400. The van der Waals surface area contributed by atoms with E-state index in [2.05, 4.69) is 20.5 Å². The molecule has 0 aromatic carbocycles. The van der Waals surface area contributed by atoms with Crippen LogP contribution in [0.4, 0.5) is 19.1 Å². The van der Waals surface area contributed by atoms with E-state index >= 15 is 0 Å². The Hall–Kier alpha value is -3.17. The van der Waals surface area contributed by atoms with Crippen LogP contribution >= 0.6 is 0 Å². The van der Waals surface area contributed by atoms with E-state index in [1.807, 2.05) is 17.0 Å². The summed E-state index contributed by atoms with van der Waals surface area (Å²) in [5.41, 5.74) is 0.664. The molecule has 10 heteroatoms. The molecule has 1 N–H and O–H groups in total. The van der Waals surface area contributed by atoms with Gasteiger partial charge in [-0.3, -0.25) is 14.2 Å². The molecule has 1 aliphatic heterocycles. The molecule has 158 valence electrons. The zero-order valence-corrected chi connectivity index (χ0v) is 16.1. The largest absolute Gasteiger partial charge is 0.417 e. The second-order valence-electron chi connectivity index (χ2n) is 7.31. The van der Waals surface area contributed by atoms with Crippen molar-refractivity contribution < 1.29 is 18.0 Å². The van der Waals surface area contributed by atoms with Crippen LogP contribution in [0.3, 0.4) is 0 Å². The summed E-state index contributed by atoms with van der Waals surface area (Å²) in [5, 5.41) is 11.0. The number of amides is 1. The molecule has 0 unspecified atom stereocenters. The van der Waals surface area contributed by atoms with Crippen LogP contribution < -0.4 is 10.2 Å². The van der Waals surface area contributed by atoms with Crippen molar-refractivity contribution in [2.75, 3.05) is 24.5 Å². The molecule has 1 saturated heterocycles. The van der Waals surface area contributed by atoms with E-state index in [0.717, 1.165) is 17.8 Å². The van der Waals surface area contributed by atoms with E-state index in [1.165, 1.54) is 10.5 Å². The van der Waals surface area contributed by atoms with Crippen molar-refractivity contribution in [1.82, 2.24) is 24.9 Å². The van der Waals surface area contributed by atoms with Crippen LogP contribution in [-0.4, -0.2) is 45.1 Å². The van der Waals surface area contributed by atoms with Gasteiger partial charge >= 0.3 is 6.18 Å². The van der Waals surface area contributed by atoms with Crippen molar-refractivity contribution in [3.63, 3.8) is 0 Å². The minimum absolute atomic E-state index is 0.00370. The lowest BCUT2D eigenvalue weighted by Crippen LogP contribution is -2.41. The summed E-state index contributed by atoms with van der Waals surface area (Å²) in [6, 6.07) is 6.13. The predicted octanol–water partition coefficient (Wildman–Crippen LogP) is 2.72. The molecule has 0 atom stereocenters. The summed E-state index contributed by atoms with van der Waals surface area (Å²) in [4.78, 5) is 18.4. The third kappa shape index (κ3) is 4.37. The van der Waals surface area contributed by atoms with Gasteiger partial charge in [0, 0.05) is 44.1 Å². The summed E-state index contributed by atoms with van der Waals surface area (Å²) in [6.45, 7) is 1.59. The van der Waals surface area contributed by atoms with Crippen molar-refractivity contribution >= 4 is 17.5 Å². The Morgan fingerprint density at radius 3 is 2.67 bits per heavy atom. The Morgan fingerprint density at radius 1 is 1.17 bits per heavy atom. The number of rotatable bonds is 5. The van der Waals surface area contributed by atoms with Gasteiger partial charge in [0.05, 0.1) is 5.56 Å². The molecule has 1 fully saturated rings. The monoisotopic (exact) mass is 418 g/mol. The van der Waals surface area contributed by atoms with E-state index in [1.54, 1.807) is 12.4 Å². The first-order valence-electron chi connectivity index (χ1n) is 9.75. The minimum Gasteiger partial charge on any atom is -0.356 e. The second-order valence-corrected chi connectivity index (χ2v) is 7.31. The molecule has 0 aliphatic carbocycles. The van der Waals surface area contributed by atoms with Gasteiger partial charge in [0.15, 0.2) is 5.65 Å². The maximum atomic E-state index is 13.0. The topological polar surface area (TPSA) is 75.4 Å². The molecule has 4 heterocycles. The van der Waals surface area contributed by atoms with Crippen LogP contribution in [0, 0.1) is 5.92 Å². The van der Waals surface area contributed by atoms with Gasteiger partial charge in [-0.25, -0.2) is 0 Å². The van der Waals surface area contributed by atoms with E-state index in [0.29, 0.717) is 50.5 Å². The van der Waals surface area contributed by atoms with Gasteiger partial charge in [-0.1, -0.05) is 6.07 Å². The van der Waals surface area contributed by atoms with Crippen molar-refractivity contribution in [2.45, 2.75) is 25.4 Å². The number of hydrogen-bond acceptors (Lipinski definition) is 5. The maximum Gasteiger partial charge on any atom is 0.417 e. The molecular weight excluding hydrogens is 397 g/mol. The molecule has 0 saturated carbocycles. The number of carbonyl (C=O) groups is 1. The van der Waals surface area contributed by atoms with E-state index < -0.39 is 11.7 Å². The summed E-state index contributed by atoms with van der Waals surface area (Å²) < 4.78 is 40.4. The maximum absolute atomic E-state index is 13.0. The lowest BCUT2D eigenvalue weighted by atomic mass is 9.96. The predicted molar refractivity (Wildman–Crippen MR) is 104 cm³/mol. The Morgan fingerprint density at radius 2 is 1.97 bits per heavy atom. The normalized spacial score (nSPS) is 15.5. The van der Waals surface area contributed by atoms with E-state index in [-0.39, 0.29) is 11.8 Å². The Balaban J connectivity index is 1.34. The van der Waals surface area contributed by atoms with Crippen LogP contribution in [0.25, 0.3) is 5.65 Å². The lowest BCUT2D eigenvalue weighted by Gasteiger charge is -2.31. The number of alkyl halides is 3. The molecule has 1 amide bonds. The van der Waals surface area contributed by atoms with Gasteiger partial charge in [0.2, 0.25) is 11.9 Å². The molecule has 0 radical (unpaired) electrons. The molecule has 4 rings (SSSR count). The number of pyridine rings is 2. The highest BCUT2D eigenvalue weighted by molar-refractivity contribution is 5.79. The minimum atomic E-state index is -4.43. The SMILES string of the molecule is O=C(NCCc1cccnc1)C1CCN(c2nnc3ccc(C(F)(F)F)cn23)CC1. The van der Waals surface area contributed by atoms with Gasteiger partial charge in [0.1, 0.15) is 0 Å². The van der Waals surface area contributed by atoms with Gasteiger partial charge in [-0.2, -0.15) is 13.2 Å². The third-order valence-corrected chi connectivity index (χ3v) is 5.30. The zero-order valence-electron chi connectivity index (χ0n) is 16.1. The van der Waals surface area contributed by atoms with Crippen LogP contribution in [-0.2, 0) is 17.4 Å². The fourth-order valence-corrected chi connectivity index (χ4v) is 3.62. The molecule has 3 aromatic rings. The summed E-state index contributed by atoms with van der Waals surface area (Å²) in [7, 11) is 0. The van der Waals surface area contributed by atoms with Crippen molar-refractivity contribution in [1.29, 1.82) is 0 Å². The molecule has 3 aromatic heterocycles. The van der Waals surface area contributed by atoms with Gasteiger partial charge in [-0.05, 0) is 43.0 Å². The Labute approximate surface area is 170 Å². The first-order valence-corrected chi connectivity index (χ1v) is 9.75.